The maximum absolute atomic E-state index is 12.2. The smallest absolute Gasteiger partial charge is 0.489 e. The van der Waals surface area contributed by atoms with Crippen LogP contribution in [0.4, 0.5) is 13.2 Å². The Bertz CT molecular complexity index is 971. The molecule has 29 heavy (non-hydrogen) atoms. The Balaban J connectivity index is 1.68. The van der Waals surface area contributed by atoms with E-state index in [1.54, 1.807) is 31.2 Å². The molecule has 0 spiro atoms. The van der Waals surface area contributed by atoms with Crippen molar-refractivity contribution in [3.63, 3.8) is 0 Å². The van der Waals surface area contributed by atoms with Gasteiger partial charge in [0, 0.05) is 5.56 Å². The molecule has 0 aliphatic rings. The first kappa shape index (κ1) is 20.2. The molecule has 0 bridgehead atoms. The molecule has 0 amide bonds. The Labute approximate surface area is 163 Å². The Kier molecular flexibility index (Phi) is 6.01. The average molecular weight is 407 g/mol. The SMILES string of the molecule is CCOC(=O)c1n[nH]nc1-c1cccc(COc2ccc(OC(F)(F)F)cc2)c1. The lowest BCUT2D eigenvalue weighted by Gasteiger charge is -2.10. The zero-order chi connectivity index (χ0) is 20.9. The molecule has 3 rings (SSSR count). The van der Waals surface area contributed by atoms with Crippen LogP contribution in [0.25, 0.3) is 11.3 Å². The van der Waals surface area contributed by atoms with E-state index in [0.717, 1.165) is 5.56 Å². The molecule has 7 nitrogen and oxygen atoms in total. The molecule has 0 unspecified atom stereocenters. The number of hydrogen-bond donors (Lipinski definition) is 1. The molecular weight excluding hydrogens is 391 g/mol. The summed E-state index contributed by atoms with van der Waals surface area (Å²) >= 11 is 0. The largest absolute Gasteiger partial charge is 0.573 e. The molecule has 0 aliphatic heterocycles. The van der Waals surface area contributed by atoms with Crippen molar-refractivity contribution >= 4 is 5.97 Å². The van der Waals surface area contributed by atoms with E-state index in [2.05, 4.69) is 20.1 Å². The third-order valence-corrected chi connectivity index (χ3v) is 3.68. The number of benzene rings is 2. The minimum atomic E-state index is -4.74. The van der Waals surface area contributed by atoms with Crippen molar-refractivity contribution in [2.75, 3.05) is 6.61 Å². The maximum Gasteiger partial charge on any atom is 0.573 e. The van der Waals surface area contributed by atoms with Crippen LogP contribution in [0.2, 0.25) is 0 Å². The summed E-state index contributed by atoms with van der Waals surface area (Å²) in [4.78, 5) is 12.0. The summed E-state index contributed by atoms with van der Waals surface area (Å²) in [5.74, 6) is -0.540. The molecule has 0 fully saturated rings. The summed E-state index contributed by atoms with van der Waals surface area (Å²) in [5.41, 5.74) is 1.82. The number of carbonyl (C=O) groups is 1. The summed E-state index contributed by atoms with van der Waals surface area (Å²) in [5, 5.41) is 10.2. The lowest BCUT2D eigenvalue weighted by atomic mass is 10.1. The summed E-state index contributed by atoms with van der Waals surface area (Å²) < 4.78 is 50.9. The maximum atomic E-state index is 12.2. The lowest BCUT2D eigenvalue weighted by molar-refractivity contribution is -0.274. The van der Waals surface area contributed by atoms with Gasteiger partial charge in [0.1, 0.15) is 23.8 Å². The van der Waals surface area contributed by atoms with Crippen molar-refractivity contribution in [2.24, 2.45) is 0 Å². The van der Waals surface area contributed by atoms with Crippen molar-refractivity contribution in [2.45, 2.75) is 19.9 Å². The van der Waals surface area contributed by atoms with Gasteiger partial charge in [-0.15, -0.1) is 18.3 Å². The number of alkyl halides is 3. The quantitative estimate of drug-likeness (QED) is 0.593. The van der Waals surface area contributed by atoms with Gasteiger partial charge >= 0.3 is 12.3 Å². The van der Waals surface area contributed by atoms with Gasteiger partial charge in [0.25, 0.3) is 0 Å². The van der Waals surface area contributed by atoms with Crippen LogP contribution in [-0.4, -0.2) is 34.3 Å². The average Bonchev–Trinajstić information content (AvgIpc) is 3.17. The van der Waals surface area contributed by atoms with Gasteiger partial charge in [-0.1, -0.05) is 18.2 Å². The second kappa shape index (κ2) is 8.63. The summed E-state index contributed by atoms with van der Waals surface area (Å²) in [6.45, 7) is 2.06. The molecule has 0 radical (unpaired) electrons. The number of nitrogens with one attached hydrogen (secondary N) is 1. The summed E-state index contributed by atoms with van der Waals surface area (Å²) in [6, 6.07) is 12.2. The van der Waals surface area contributed by atoms with Crippen molar-refractivity contribution in [3.8, 4) is 22.8 Å². The number of aromatic amines is 1. The van der Waals surface area contributed by atoms with Crippen LogP contribution in [0.5, 0.6) is 11.5 Å². The van der Waals surface area contributed by atoms with Gasteiger partial charge in [0.15, 0.2) is 5.69 Å². The van der Waals surface area contributed by atoms with Gasteiger partial charge < -0.3 is 14.2 Å². The second-order valence-electron chi connectivity index (χ2n) is 5.75. The van der Waals surface area contributed by atoms with Crippen LogP contribution in [-0.2, 0) is 11.3 Å². The number of esters is 1. The molecule has 0 aliphatic carbocycles. The highest BCUT2D eigenvalue weighted by Gasteiger charge is 2.31. The molecule has 0 saturated heterocycles. The number of aromatic nitrogens is 3. The number of rotatable bonds is 7. The fraction of sp³-hybridized carbons (Fsp3) is 0.211. The standard InChI is InChI=1S/C19H16F3N3O4/c1-2-27-18(26)17-16(23-25-24-17)13-5-3-4-12(10-13)11-28-14-6-8-15(9-7-14)29-19(20,21)22/h3-10H,2,11H2,1H3,(H,23,24,25). The first-order valence-electron chi connectivity index (χ1n) is 8.51. The van der Waals surface area contributed by atoms with Crippen molar-refractivity contribution in [3.05, 3.63) is 59.8 Å². The fourth-order valence-corrected chi connectivity index (χ4v) is 2.49. The third kappa shape index (κ3) is 5.47. The molecule has 2 aromatic carbocycles. The molecule has 3 aromatic rings. The van der Waals surface area contributed by atoms with Gasteiger partial charge in [-0.2, -0.15) is 10.3 Å². The van der Waals surface area contributed by atoms with E-state index in [0.29, 0.717) is 17.0 Å². The lowest BCUT2D eigenvalue weighted by Crippen LogP contribution is -2.16. The van der Waals surface area contributed by atoms with E-state index in [1.807, 2.05) is 0 Å². The van der Waals surface area contributed by atoms with Crippen molar-refractivity contribution in [1.82, 2.24) is 15.4 Å². The molecule has 0 saturated carbocycles. The summed E-state index contributed by atoms with van der Waals surface area (Å²) in [7, 11) is 0. The van der Waals surface area contributed by atoms with Crippen LogP contribution in [0.15, 0.2) is 48.5 Å². The van der Waals surface area contributed by atoms with Gasteiger partial charge in [0.2, 0.25) is 0 Å². The predicted molar refractivity (Wildman–Crippen MR) is 95.2 cm³/mol. The Morgan fingerprint density at radius 2 is 1.79 bits per heavy atom. The Hall–Kier alpha value is -3.56. The summed E-state index contributed by atoms with van der Waals surface area (Å²) in [6.07, 6.45) is -4.74. The van der Waals surface area contributed by atoms with Gasteiger partial charge in [-0.3, -0.25) is 0 Å². The van der Waals surface area contributed by atoms with E-state index >= 15 is 0 Å². The normalized spacial score (nSPS) is 11.2. The molecular formula is C19H16F3N3O4. The highest BCUT2D eigenvalue weighted by molar-refractivity contribution is 5.93. The minimum Gasteiger partial charge on any atom is -0.489 e. The van der Waals surface area contributed by atoms with Crippen molar-refractivity contribution < 1.29 is 32.2 Å². The second-order valence-corrected chi connectivity index (χ2v) is 5.75. The van der Waals surface area contributed by atoms with Crippen LogP contribution in [0.1, 0.15) is 23.0 Å². The van der Waals surface area contributed by atoms with Crippen LogP contribution in [0, 0.1) is 0 Å². The zero-order valence-corrected chi connectivity index (χ0v) is 15.2. The van der Waals surface area contributed by atoms with Crippen LogP contribution in [0.3, 0.4) is 0 Å². The molecule has 1 heterocycles. The van der Waals surface area contributed by atoms with E-state index in [1.165, 1.54) is 24.3 Å². The number of ether oxygens (including phenoxy) is 3. The Morgan fingerprint density at radius 3 is 2.48 bits per heavy atom. The van der Waals surface area contributed by atoms with Crippen LogP contribution < -0.4 is 9.47 Å². The van der Waals surface area contributed by atoms with Gasteiger partial charge in [-0.05, 0) is 42.8 Å². The number of halogens is 3. The molecule has 0 atom stereocenters. The van der Waals surface area contributed by atoms with Gasteiger partial charge in [0.05, 0.1) is 6.61 Å². The molecule has 1 N–H and O–H groups in total. The van der Waals surface area contributed by atoms with Gasteiger partial charge in [-0.25, -0.2) is 4.79 Å². The molecule has 1 aromatic heterocycles. The number of H-pyrrole nitrogens is 1. The van der Waals surface area contributed by atoms with E-state index < -0.39 is 12.3 Å². The van der Waals surface area contributed by atoms with Crippen molar-refractivity contribution in [1.29, 1.82) is 0 Å². The Morgan fingerprint density at radius 1 is 1.07 bits per heavy atom. The van der Waals surface area contributed by atoms with E-state index in [-0.39, 0.29) is 24.7 Å². The monoisotopic (exact) mass is 407 g/mol. The first-order chi connectivity index (χ1) is 13.9. The predicted octanol–water partition coefficient (Wildman–Crippen LogP) is 4.13. The number of carbonyl (C=O) groups excluding carboxylic acids is 1. The molecule has 10 heteroatoms. The topological polar surface area (TPSA) is 86.3 Å². The highest BCUT2D eigenvalue weighted by Crippen LogP contribution is 2.26. The fourth-order valence-electron chi connectivity index (χ4n) is 2.49. The third-order valence-electron chi connectivity index (χ3n) is 3.68. The highest BCUT2D eigenvalue weighted by atomic mass is 19.4. The minimum absolute atomic E-state index is 0.0742. The van der Waals surface area contributed by atoms with E-state index in [4.69, 9.17) is 9.47 Å². The van der Waals surface area contributed by atoms with Crippen LogP contribution >= 0.6 is 0 Å². The molecule has 152 valence electrons. The zero-order valence-electron chi connectivity index (χ0n) is 15.2. The first-order valence-corrected chi connectivity index (χ1v) is 8.51. The number of nitrogens with zero attached hydrogens (tertiary/aromatic N) is 2. The van der Waals surface area contributed by atoms with E-state index in [9.17, 15) is 18.0 Å². The number of hydrogen-bond acceptors (Lipinski definition) is 6.